The molecule has 0 radical (unpaired) electrons. The molecule has 3 N–H and O–H groups in total. The van der Waals surface area contributed by atoms with E-state index in [9.17, 15) is 14.7 Å². The number of hydrogen-bond acceptors (Lipinski definition) is 4. The summed E-state index contributed by atoms with van der Waals surface area (Å²) in [7, 11) is 1.59. The summed E-state index contributed by atoms with van der Waals surface area (Å²) in [5.74, 6) is 5.48. The monoisotopic (exact) mass is 474 g/mol. The van der Waals surface area contributed by atoms with E-state index < -0.39 is 12.2 Å². The van der Waals surface area contributed by atoms with Gasteiger partial charge in [-0.25, -0.2) is 0 Å². The maximum atomic E-state index is 13.5. The smallest absolute Gasteiger partial charge is 0.303 e. The lowest BCUT2D eigenvalue weighted by atomic mass is 9.99. The van der Waals surface area contributed by atoms with Crippen LogP contribution in [0.5, 0.6) is 5.75 Å². The molecular weight excluding hydrogens is 444 g/mol. The number of carbonyl (C=O) groups excluding carboxylic acids is 1. The summed E-state index contributed by atoms with van der Waals surface area (Å²) < 4.78 is 5.97. The van der Waals surface area contributed by atoms with E-state index in [1.165, 1.54) is 4.90 Å². The highest BCUT2D eigenvalue weighted by molar-refractivity contribution is 5.98. The molecule has 2 aromatic carbocycles. The number of aliphatic hydroxyl groups excluding tert-OH is 1. The van der Waals surface area contributed by atoms with Crippen molar-refractivity contribution in [3.05, 3.63) is 64.8 Å². The molecule has 0 bridgehead atoms. The number of nitrogens with one attached hydrogen (secondary N) is 1. The summed E-state index contributed by atoms with van der Waals surface area (Å²) in [6, 6.07) is 11.5. The zero-order valence-corrected chi connectivity index (χ0v) is 19.8. The van der Waals surface area contributed by atoms with Gasteiger partial charge in [0.25, 0.3) is 5.91 Å². The Hall–Kier alpha value is -3.76. The van der Waals surface area contributed by atoms with Gasteiger partial charge in [0.2, 0.25) is 0 Å². The Labute approximate surface area is 204 Å². The number of unbranched alkanes of at least 4 members (excludes halogenated alkanes) is 1. The number of benzene rings is 2. The van der Waals surface area contributed by atoms with E-state index in [4.69, 9.17) is 9.84 Å². The fourth-order valence-corrected chi connectivity index (χ4v) is 4.32. The molecule has 0 aliphatic carbocycles. The maximum absolute atomic E-state index is 13.5. The number of likely N-dealkylation sites (N-methyl/N-ethyl adjacent to an activating group) is 1. The second kappa shape index (κ2) is 11.1. The third-order valence-corrected chi connectivity index (χ3v) is 6.25. The summed E-state index contributed by atoms with van der Waals surface area (Å²) in [5, 5.41) is 20.7. The number of aromatic nitrogens is 1. The molecule has 0 fully saturated rings. The van der Waals surface area contributed by atoms with Crippen molar-refractivity contribution in [2.24, 2.45) is 0 Å². The predicted octanol–water partition coefficient (Wildman–Crippen LogP) is 4.12. The molecule has 1 aliphatic rings. The zero-order chi connectivity index (χ0) is 24.8. The number of carbonyl (C=O) groups is 2. The quantitative estimate of drug-likeness (QED) is 0.272. The molecule has 1 aliphatic heterocycles. The van der Waals surface area contributed by atoms with Crippen molar-refractivity contribution in [1.82, 2.24) is 9.88 Å². The molecule has 1 aromatic heterocycles. The van der Waals surface area contributed by atoms with E-state index in [2.05, 4.69) is 16.8 Å². The molecule has 0 spiro atoms. The van der Waals surface area contributed by atoms with Gasteiger partial charge in [0.1, 0.15) is 12.0 Å². The van der Waals surface area contributed by atoms with Crippen LogP contribution in [0, 0.1) is 11.8 Å². The van der Waals surface area contributed by atoms with Crippen LogP contribution in [-0.4, -0.2) is 51.9 Å². The summed E-state index contributed by atoms with van der Waals surface area (Å²) in [5.41, 5.74) is 3.93. The van der Waals surface area contributed by atoms with Gasteiger partial charge in [-0.1, -0.05) is 30.0 Å². The molecule has 0 unspecified atom stereocenters. The van der Waals surface area contributed by atoms with Gasteiger partial charge in [-0.3, -0.25) is 9.59 Å². The Balaban J connectivity index is 1.57. The lowest BCUT2D eigenvalue weighted by molar-refractivity contribution is -0.137. The number of amides is 1. The number of para-hydroxylation sites is 1. The van der Waals surface area contributed by atoms with Crippen LogP contribution in [0.1, 0.15) is 59.2 Å². The number of rotatable bonds is 7. The van der Waals surface area contributed by atoms with E-state index in [0.717, 1.165) is 41.3 Å². The third-order valence-electron chi connectivity index (χ3n) is 6.25. The van der Waals surface area contributed by atoms with Crippen LogP contribution in [0.2, 0.25) is 0 Å². The average Bonchev–Trinajstić information content (AvgIpc) is 3.10. The number of aliphatic carboxylic acids is 1. The van der Waals surface area contributed by atoms with Crippen LogP contribution < -0.4 is 4.74 Å². The number of aryl methyl sites for hydroxylation is 1. The third kappa shape index (κ3) is 5.84. The lowest BCUT2D eigenvalue weighted by Crippen LogP contribution is -2.38. The van der Waals surface area contributed by atoms with Gasteiger partial charge < -0.3 is 24.8 Å². The highest BCUT2D eigenvalue weighted by Gasteiger charge is 2.26. The molecular formula is C28H30N2O5. The molecule has 3 aromatic rings. The van der Waals surface area contributed by atoms with Crippen molar-refractivity contribution in [2.45, 2.75) is 51.2 Å². The van der Waals surface area contributed by atoms with Gasteiger partial charge >= 0.3 is 5.97 Å². The highest BCUT2D eigenvalue weighted by atomic mass is 16.5. The van der Waals surface area contributed by atoms with Crippen LogP contribution >= 0.6 is 0 Å². The number of aliphatic hydroxyl groups is 1. The highest BCUT2D eigenvalue weighted by Crippen LogP contribution is 2.31. The molecule has 35 heavy (non-hydrogen) atoms. The van der Waals surface area contributed by atoms with Crippen LogP contribution in [0.4, 0.5) is 0 Å². The van der Waals surface area contributed by atoms with Crippen molar-refractivity contribution < 1.29 is 24.5 Å². The van der Waals surface area contributed by atoms with Crippen molar-refractivity contribution in [1.29, 1.82) is 0 Å². The first-order valence-corrected chi connectivity index (χ1v) is 11.9. The SMILES string of the molecule is CN(C(=O)c1cc(C#CCCCC(=O)O)cc2c1OCCCC2)[C@H](O)Cc1c[nH]c2ccccc12. The zero-order valence-electron chi connectivity index (χ0n) is 19.8. The molecule has 1 atom stereocenters. The minimum atomic E-state index is -1.02. The molecule has 1 amide bonds. The number of ether oxygens (including phenoxy) is 1. The van der Waals surface area contributed by atoms with E-state index in [1.807, 2.05) is 36.5 Å². The second-order valence-electron chi connectivity index (χ2n) is 8.83. The topological polar surface area (TPSA) is 103 Å². The Bertz CT molecular complexity index is 1280. The van der Waals surface area contributed by atoms with Gasteiger partial charge in [-0.2, -0.15) is 0 Å². The van der Waals surface area contributed by atoms with E-state index >= 15 is 0 Å². The Morgan fingerprint density at radius 3 is 2.89 bits per heavy atom. The summed E-state index contributed by atoms with van der Waals surface area (Å²) >= 11 is 0. The Morgan fingerprint density at radius 2 is 2.06 bits per heavy atom. The minimum Gasteiger partial charge on any atom is -0.492 e. The number of hydrogen-bond donors (Lipinski definition) is 3. The standard InChI is InChI=1S/C28H30N2O5/c1-30(25(31)17-21-18-29-24-12-6-5-11-22(21)24)28(34)23-16-19(9-3-2-4-13-26(32)33)15-20-10-7-8-14-35-27(20)23/h5-6,11-12,15-16,18,25,29,31H,2,4,7-8,10,13-14,17H2,1H3,(H,32,33)/t25-/m1/s1. The number of carboxylic acids is 1. The number of nitrogens with zero attached hydrogens (tertiary/aromatic N) is 1. The number of carboxylic acid groups (broad SMARTS) is 1. The van der Waals surface area contributed by atoms with Crippen molar-refractivity contribution in [3.8, 4) is 17.6 Å². The number of aromatic amines is 1. The molecule has 4 rings (SSSR count). The summed E-state index contributed by atoms with van der Waals surface area (Å²) in [6.45, 7) is 0.537. The molecule has 7 nitrogen and oxygen atoms in total. The molecule has 182 valence electrons. The van der Waals surface area contributed by atoms with E-state index in [-0.39, 0.29) is 12.3 Å². The minimum absolute atomic E-state index is 0.0789. The van der Waals surface area contributed by atoms with E-state index in [1.54, 1.807) is 13.1 Å². The largest absolute Gasteiger partial charge is 0.492 e. The van der Waals surface area contributed by atoms with Gasteiger partial charge in [-0.05, 0) is 55.0 Å². The normalized spacial score (nSPS) is 13.7. The second-order valence-corrected chi connectivity index (χ2v) is 8.83. The summed E-state index contributed by atoms with van der Waals surface area (Å²) in [6.07, 6.45) is 4.79. The van der Waals surface area contributed by atoms with Gasteiger partial charge in [0, 0.05) is 49.0 Å². The molecule has 7 heteroatoms. The van der Waals surface area contributed by atoms with Crippen molar-refractivity contribution in [2.75, 3.05) is 13.7 Å². The Kier molecular flexibility index (Phi) is 7.74. The van der Waals surface area contributed by atoms with Crippen molar-refractivity contribution in [3.63, 3.8) is 0 Å². The number of H-pyrrole nitrogens is 1. The number of fused-ring (bicyclic) bond motifs is 2. The fraction of sp³-hybridized carbons (Fsp3) is 0.357. The van der Waals surface area contributed by atoms with Crippen LogP contribution in [0.25, 0.3) is 10.9 Å². The lowest BCUT2D eigenvalue weighted by Gasteiger charge is -2.25. The first kappa shape index (κ1) is 24.4. The van der Waals surface area contributed by atoms with Gasteiger partial charge in [0.15, 0.2) is 0 Å². The Morgan fingerprint density at radius 1 is 1.23 bits per heavy atom. The first-order valence-electron chi connectivity index (χ1n) is 11.9. The maximum Gasteiger partial charge on any atom is 0.303 e. The van der Waals surface area contributed by atoms with Gasteiger partial charge in [0.05, 0.1) is 12.2 Å². The van der Waals surface area contributed by atoms with Crippen LogP contribution in [0.3, 0.4) is 0 Å². The van der Waals surface area contributed by atoms with E-state index in [0.29, 0.717) is 42.7 Å². The fourth-order valence-electron chi connectivity index (χ4n) is 4.32. The molecule has 0 saturated heterocycles. The van der Waals surface area contributed by atoms with Crippen LogP contribution in [-0.2, 0) is 17.6 Å². The molecule has 2 heterocycles. The van der Waals surface area contributed by atoms with Gasteiger partial charge in [-0.15, -0.1) is 0 Å². The average molecular weight is 475 g/mol. The summed E-state index contributed by atoms with van der Waals surface area (Å²) in [4.78, 5) is 28.8. The van der Waals surface area contributed by atoms with Crippen molar-refractivity contribution >= 4 is 22.8 Å². The first-order chi connectivity index (χ1) is 16.9. The molecule has 0 saturated carbocycles. The predicted molar refractivity (Wildman–Crippen MR) is 133 cm³/mol. The van der Waals surface area contributed by atoms with Crippen LogP contribution in [0.15, 0.2) is 42.6 Å².